The van der Waals surface area contributed by atoms with Gasteiger partial charge in [0.1, 0.15) is 0 Å². The van der Waals surface area contributed by atoms with Gasteiger partial charge in [-0.25, -0.2) is 0 Å². The van der Waals surface area contributed by atoms with E-state index in [-0.39, 0.29) is 0 Å². The molecule has 0 spiro atoms. The van der Waals surface area contributed by atoms with Gasteiger partial charge >= 0.3 is 0 Å². The molecule has 1 fully saturated rings. The molecule has 0 saturated heterocycles. The minimum atomic E-state index is 0.731. The van der Waals surface area contributed by atoms with Crippen LogP contribution in [-0.4, -0.2) is 49.7 Å². The number of fused-ring (bicyclic) bond motifs is 1. The molecule has 0 unspecified atom stereocenters. The standard InChI is InChI=1S/C18H26N4O/c1-19-18(22(2)9-10-23-13-14-7-8-14)20-12-16-11-15-5-3-4-6-17(15)21-16/h3-6,11,14,21H,7-10,12-13H2,1-2H3,(H,19,20). The van der Waals surface area contributed by atoms with Crippen LogP contribution < -0.4 is 5.32 Å². The summed E-state index contributed by atoms with van der Waals surface area (Å²) in [6, 6.07) is 10.5. The maximum atomic E-state index is 5.69. The number of aliphatic imine (C=N–C) groups is 1. The fraction of sp³-hybridized carbons (Fsp3) is 0.500. The number of ether oxygens (including phenoxy) is 1. The van der Waals surface area contributed by atoms with E-state index in [0.717, 1.165) is 43.9 Å². The Bertz CT molecular complexity index is 627. The van der Waals surface area contributed by atoms with Crippen LogP contribution in [-0.2, 0) is 11.3 Å². The second-order valence-corrected chi connectivity index (χ2v) is 6.22. The summed E-state index contributed by atoms with van der Waals surface area (Å²) in [6.07, 6.45) is 2.67. The first-order chi connectivity index (χ1) is 11.3. The van der Waals surface area contributed by atoms with Gasteiger partial charge in [-0.1, -0.05) is 18.2 Å². The molecule has 2 N–H and O–H groups in total. The zero-order valence-electron chi connectivity index (χ0n) is 14.0. The average molecular weight is 314 g/mol. The first-order valence-electron chi connectivity index (χ1n) is 8.32. The molecule has 1 aliphatic rings. The molecule has 0 amide bonds. The number of nitrogens with zero attached hydrogens (tertiary/aromatic N) is 2. The summed E-state index contributed by atoms with van der Waals surface area (Å²) in [6.45, 7) is 3.24. The molecule has 0 radical (unpaired) electrons. The quantitative estimate of drug-likeness (QED) is 0.469. The second-order valence-electron chi connectivity index (χ2n) is 6.22. The van der Waals surface area contributed by atoms with Crippen molar-refractivity contribution in [1.29, 1.82) is 0 Å². The van der Waals surface area contributed by atoms with Crippen molar-refractivity contribution in [1.82, 2.24) is 15.2 Å². The van der Waals surface area contributed by atoms with E-state index in [2.05, 4.69) is 44.5 Å². The third kappa shape index (κ3) is 4.48. The Morgan fingerprint density at radius 3 is 2.96 bits per heavy atom. The maximum Gasteiger partial charge on any atom is 0.193 e. The van der Waals surface area contributed by atoms with E-state index in [1.54, 1.807) is 0 Å². The molecule has 0 atom stereocenters. The van der Waals surface area contributed by atoms with E-state index in [9.17, 15) is 0 Å². The van der Waals surface area contributed by atoms with Crippen molar-refractivity contribution in [2.75, 3.05) is 33.9 Å². The van der Waals surface area contributed by atoms with E-state index in [1.807, 2.05) is 20.2 Å². The van der Waals surface area contributed by atoms with Gasteiger partial charge in [0, 0.05) is 38.5 Å². The lowest BCUT2D eigenvalue weighted by molar-refractivity contribution is 0.115. The molecule has 3 rings (SSSR count). The van der Waals surface area contributed by atoms with Crippen LogP contribution >= 0.6 is 0 Å². The number of aromatic nitrogens is 1. The minimum Gasteiger partial charge on any atom is -0.379 e. The summed E-state index contributed by atoms with van der Waals surface area (Å²) in [5.41, 5.74) is 2.33. The Kier molecular flexibility index (Phi) is 5.18. The number of para-hydroxylation sites is 1. The molecular weight excluding hydrogens is 288 g/mol. The van der Waals surface area contributed by atoms with Gasteiger partial charge < -0.3 is 19.9 Å². The monoisotopic (exact) mass is 314 g/mol. The highest BCUT2D eigenvalue weighted by Crippen LogP contribution is 2.28. The molecule has 1 saturated carbocycles. The van der Waals surface area contributed by atoms with E-state index in [1.165, 1.54) is 23.7 Å². The third-order valence-corrected chi connectivity index (χ3v) is 4.22. The van der Waals surface area contributed by atoms with Crippen molar-refractivity contribution in [2.45, 2.75) is 19.4 Å². The number of H-pyrrole nitrogens is 1. The van der Waals surface area contributed by atoms with E-state index in [4.69, 9.17) is 4.74 Å². The van der Waals surface area contributed by atoms with Gasteiger partial charge in [0.15, 0.2) is 5.96 Å². The topological polar surface area (TPSA) is 52.7 Å². The number of benzene rings is 1. The normalized spacial score (nSPS) is 15.1. The third-order valence-electron chi connectivity index (χ3n) is 4.22. The zero-order valence-corrected chi connectivity index (χ0v) is 14.0. The highest BCUT2D eigenvalue weighted by atomic mass is 16.5. The molecule has 23 heavy (non-hydrogen) atoms. The molecule has 2 aromatic rings. The number of hydrogen-bond acceptors (Lipinski definition) is 2. The fourth-order valence-electron chi connectivity index (χ4n) is 2.63. The number of rotatable bonds is 7. The summed E-state index contributed by atoms with van der Waals surface area (Å²) in [4.78, 5) is 9.88. The van der Waals surface area contributed by atoms with Gasteiger partial charge in [-0.15, -0.1) is 0 Å². The molecule has 0 aliphatic heterocycles. The number of hydrogen-bond donors (Lipinski definition) is 2. The Balaban J connectivity index is 1.46. The number of aromatic amines is 1. The van der Waals surface area contributed by atoms with Crippen molar-refractivity contribution in [3.05, 3.63) is 36.0 Å². The molecule has 5 nitrogen and oxygen atoms in total. The second kappa shape index (κ2) is 7.51. The minimum absolute atomic E-state index is 0.731. The van der Waals surface area contributed by atoms with E-state index < -0.39 is 0 Å². The summed E-state index contributed by atoms with van der Waals surface area (Å²) in [5.74, 6) is 1.71. The number of guanidine groups is 1. The van der Waals surface area contributed by atoms with Gasteiger partial charge in [-0.05, 0) is 36.3 Å². The van der Waals surface area contributed by atoms with Crippen molar-refractivity contribution < 1.29 is 4.74 Å². The van der Waals surface area contributed by atoms with Crippen molar-refractivity contribution in [2.24, 2.45) is 10.9 Å². The van der Waals surface area contributed by atoms with E-state index in [0.29, 0.717) is 0 Å². The number of nitrogens with one attached hydrogen (secondary N) is 2. The predicted molar refractivity (Wildman–Crippen MR) is 94.7 cm³/mol. The molecule has 1 aromatic carbocycles. The molecule has 1 aromatic heterocycles. The lowest BCUT2D eigenvalue weighted by Gasteiger charge is -2.21. The highest BCUT2D eigenvalue weighted by molar-refractivity contribution is 5.81. The van der Waals surface area contributed by atoms with Gasteiger partial charge in [-0.3, -0.25) is 4.99 Å². The van der Waals surface area contributed by atoms with Crippen LogP contribution in [0.2, 0.25) is 0 Å². The Morgan fingerprint density at radius 1 is 1.39 bits per heavy atom. The summed E-state index contributed by atoms with van der Waals surface area (Å²) in [7, 11) is 3.86. The average Bonchev–Trinajstić information content (AvgIpc) is 3.29. The lowest BCUT2D eigenvalue weighted by Crippen LogP contribution is -2.40. The molecular formula is C18H26N4O. The molecule has 5 heteroatoms. The fourth-order valence-corrected chi connectivity index (χ4v) is 2.63. The Morgan fingerprint density at radius 2 is 2.22 bits per heavy atom. The van der Waals surface area contributed by atoms with Gasteiger partial charge in [0.05, 0.1) is 13.2 Å². The Labute approximate surface area is 137 Å². The van der Waals surface area contributed by atoms with Crippen LogP contribution in [0.4, 0.5) is 0 Å². The zero-order chi connectivity index (χ0) is 16.1. The van der Waals surface area contributed by atoms with Gasteiger partial charge in [-0.2, -0.15) is 0 Å². The SMILES string of the molecule is CN=C(NCc1cc2ccccc2[nH]1)N(C)CCOCC1CC1. The smallest absolute Gasteiger partial charge is 0.193 e. The number of likely N-dealkylation sites (N-methyl/N-ethyl adjacent to an activating group) is 1. The van der Waals surface area contributed by atoms with Crippen LogP contribution in [0.3, 0.4) is 0 Å². The van der Waals surface area contributed by atoms with Crippen molar-refractivity contribution in [3.8, 4) is 0 Å². The first-order valence-corrected chi connectivity index (χ1v) is 8.32. The van der Waals surface area contributed by atoms with Crippen LogP contribution in [0.15, 0.2) is 35.3 Å². The van der Waals surface area contributed by atoms with Gasteiger partial charge in [0.2, 0.25) is 0 Å². The van der Waals surface area contributed by atoms with Crippen LogP contribution in [0.25, 0.3) is 10.9 Å². The van der Waals surface area contributed by atoms with Crippen LogP contribution in [0.1, 0.15) is 18.5 Å². The summed E-state index contributed by atoms with van der Waals surface area (Å²) >= 11 is 0. The van der Waals surface area contributed by atoms with Crippen LogP contribution in [0.5, 0.6) is 0 Å². The molecule has 0 bridgehead atoms. The van der Waals surface area contributed by atoms with Crippen molar-refractivity contribution in [3.63, 3.8) is 0 Å². The molecule has 1 aliphatic carbocycles. The predicted octanol–water partition coefficient (Wildman–Crippen LogP) is 2.60. The van der Waals surface area contributed by atoms with Crippen molar-refractivity contribution >= 4 is 16.9 Å². The molecule has 124 valence electrons. The largest absolute Gasteiger partial charge is 0.379 e. The Hall–Kier alpha value is -2.01. The van der Waals surface area contributed by atoms with Crippen LogP contribution in [0, 0.1) is 5.92 Å². The van der Waals surface area contributed by atoms with E-state index >= 15 is 0 Å². The maximum absolute atomic E-state index is 5.69. The van der Waals surface area contributed by atoms with Gasteiger partial charge in [0.25, 0.3) is 0 Å². The summed E-state index contributed by atoms with van der Waals surface area (Å²) < 4.78 is 5.69. The summed E-state index contributed by atoms with van der Waals surface area (Å²) in [5, 5.41) is 4.63. The lowest BCUT2D eigenvalue weighted by atomic mass is 10.2. The highest BCUT2D eigenvalue weighted by Gasteiger charge is 2.21. The first kappa shape index (κ1) is 15.9. The molecule has 1 heterocycles.